The summed E-state index contributed by atoms with van der Waals surface area (Å²) in [5.74, 6) is 0.168. The lowest BCUT2D eigenvalue weighted by atomic mass is 10.1. The van der Waals surface area contributed by atoms with E-state index >= 15 is 0 Å². The third kappa shape index (κ3) is 2.81. The Labute approximate surface area is 121 Å². The second-order valence-corrected chi connectivity index (χ2v) is 4.52. The molecule has 2 heterocycles. The van der Waals surface area contributed by atoms with Crippen LogP contribution in [-0.2, 0) is 14.2 Å². The van der Waals surface area contributed by atoms with Crippen LogP contribution in [0.15, 0.2) is 34.7 Å². The zero-order valence-corrected chi connectivity index (χ0v) is 11.6. The second kappa shape index (κ2) is 6.07. The van der Waals surface area contributed by atoms with E-state index in [2.05, 4.69) is 4.98 Å². The number of hydrogen-bond donors (Lipinski definition) is 0. The number of hydrogen-bond acceptors (Lipinski definition) is 6. The summed E-state index contributed by atoms with van der Waals surface area (Å²) < 4.78 is 21.4. The van der Waals surface area contributed by atoms with Crippen LogP contribution in [0, 0.1) is 0 Å². The fourth-order valence-corrected chi connectivity index (χ4v) is 2.12. The van der Waals surface area contributed by atoms with Crippen LogP contribution in [0.4, 0.5) is 0 Å². The largest absolute Gasteiger partial charge is 0.464 e. The molecule has 0 spiro atoms. The molecule has 21 heavy (non-hydrogen) atoms. The predicted molar refractivity (Wildman–Crippen MR) is 72.8 cm³/mol. The molecule has 1 atom stereocenters. The van der Waals surface area contributed by atoms with Crippen LogP contribution in [0.5, 0.6) is 0 Å². The summed E-state index contributed by atoms with van der Waals surface area (Å²) in [5, 5.41) is 0. The highest BCUT2D eigenvalue weighted by Crippen LogP contribution is 2.30. The lowest BCUT2D eigenvalue weighted by molar-refractivity contribution is -0.0994. The molecule has 110 valence electrons. The molecule has 3 rings (SSSR count). The molecule has 1 aromatic heterocycles. The minimum absolute atomic E-state index is 0.146. The van der Waals surface area contributed by atoms with E-state index in [-0.39, 0.29) is 5.69 Å². The molecule has 1 aliphatic rings. The summed E-state index contributed by atoms with van der Waals surface area (Å²) in [7, 11) is 1.31. The Hall–Kier alpha value is -2.18. The Morgan fingerprint density at radius 3 is 2.76 bits per heavy atom. The summed E-state index contributed by atoms with van der Waals surface area (Å²) in [4.78, 5) is 16.1. The van der Waals surface area contributed by atoms with E-state index in [0.29, 0.717) is 31.5 Å². The summed E-state index contributed by atoms with van der Waals surface area (Å²) in [6, 6.07) is 9.29. The van der Waals surface area contributed by atoms with Crippen LogP contribution < -0.4 is 0 Å². The van der Waals surface area contributed by atoms with Gasteiger partial charge in [-0.1, -0.05) is 30.3 Å². The Morgan fingerprint density at radius 1 is 1.29 bits per heavy atom. The zero-order valence-electron chi connectivity index (χ0n) is 11.6. The number of oxazole rings is 1. The maximum atomic E-state index is 11.9. The number of carbonyl (C=O) groups is 1. The van der Waals surface area contributed by atoms with Gasteiger partial charge < -0.3 is 18.6 Å². The Balaban J connectivity index is 2.01. The molecule has 0 aliphatic carbocycles. The molecular formula is C15H15NO5. The topological polar surface area (TPSA) is 70.8 Å². The number of methoxy groups -OCH3 is 1. The first-order chi connectivity index (χ1) is 10.3. The van der Waals surface area contributed by atoms with E-state index in [1.807, 2.05) is 30.3 Å². The highest BCUT2D eigenvalue weighted by atomic mass is 16.6. The summed E-state index contributed by atoms with van der Waals surface area (Å²) in [6.45, 7) is 1.38. The maximum Gasteiger partial charge on any atom is 0.360 e. The van der Waals surface area contributed by atoms with Crippen molar-refractivity contribution in [2.45, 2.75) is 6.10 Å². The average Bonchev–Trinajstić information content (AvgIpc) is 3.01. The van der Waals surface area contributed by atoms with Gasteiger partial charge in [0.25, 0.3) is 0 Å². The third-order valence-corrected chi connectivity index (χ3v) is 3.15. The maximum absolute atomic E-state index is 11.9. The summed E-state index contributed by atoms with van der Waals surface area (Å²) in [5.41, 5.74) is 0.904. The normalized spacial score (nSPS) is 18.4. The average molecular weight is 289 g/mol. The monoisotopic (exact) mass is 289 g/mol. The van der Waals surface area contributed by atoms with E-state index in [0.717, 1.165) is 5.56 Å². The first-order valence-electron chi connectivity index (χ1n) is 6.63. The van der Waals surface area contributed by atoms with E-state index < -0.39 is 12.1 Å². The molecule has 1 fully saturated rings. The van der Waals surface area contributed by atoms with Crippen molar-refractivity contribution < 1.29 is 23.4 Å². The van der Waals surface area contributed by atoms with Gasteiger partial charge in [-0.25, -0.2) is 9.78 Å². The molecule has 0 N–H and O–H groups in total. The Kier molecular flexibility index (Phi) is 3.98. The second-order valence-electron chi connectivity index (χ2n) is 4.52. The molecule has 6 heteroatoms. The highest BCUT2D eigenvalue weighted by Gasteiger charge is 2.28. The fourth-order valence-electron chi connectivity index (χ4n) is 2.12. The van der Waals surface area contributed by atoms with Gasteiger partial charge in [-0.2, -0.15) is 0 Å². The SMILES string of the molecule is COC(=O)c1nc(C2COCCO2)oc1-c1ccccc1. The van der Waals surface area contributed by atoms with Gasteiger partial charge in [-0.05, 0) is 0 Å². The molecule has 1 unspecified atom stereocenters. The van der Waals surface area contributed by atoms with Crippen LogP contribution in [0.3, 0.4) is 0 Å². The Bertz CT molecular complexity index is 616. The lowest BCUT2D eigenvalue weighted by Crippen LogP contribution is -2.22. The molecule has 0 saturated carbocycles. The van der Waals surface area contributed by atoms with E-state index in [9.17, 15) is 4.79 Å². The van der Waals surface area contributed by atoms with Crippen molar-refractivity contribution in [3.05, 3.63) is 41.9 Å². The van der Waals surface area contributed by atoms with Gasteiger partial charge in [-0.3, -0.25) is 0 Å². The van der Waals surface area contributed by atoms with Crippen molar-refractivity contribution in [2.24, 2.45) is 0 Å². The van der Waals surface area contributed by atoms with Gasteiger partial charge in [0, 0.05) is 5.56 Å². The molecule has 0 amide bonds. The zero-order chi connectivity index (χ0) is 14.7. The van der Waals surface area contributed by atoms with Crippen molar-refractivity contribution in [3.63, 3.8) is 0 Å². The van der Waals surface area contributed by atoms with Crippen molar-refractivity contribution in [3.8, 4) is 11.3 Å². The van der Waals surface area contributed by atoms with Crippen LogP contribution in [0.25, 0.3) is 11.3 Å². The van der Waals surface area contributed by atoms with Crippen LogP contribution in [0.1, 0.15) is 22.5 Å². The number of nitrogens with zero attached hydrogens (tertiary/aromatic N) is 1. The highest BCUT2D eigenvalue weighted by molar-refractivity contribution is 5.93. The molecule has 2 aromatic rings. The molecular weight excluding hydrogens is 274 g/mol. The summed E-state index contributed by atoms with van der Waals surface area (Å²) >= 11 is 0. The minimum Gasteiger partial charge on any atom is -0.464 e. The molecule has 1 aromatic carbocycles. The summed E-state index contributed by atoms with van der Waals surface area (Å²) in [6.07, 6.45) is -0.403. The number of carbonyl (C=O) groups excluding carboxylic acids is 1. The van der Waals surface area contributed by atoms with Crippen LogP contribution in [0.2, 0.25) is 0 Å². The standard InChI is InChI=1S/C15H15NO5/c1-18-15(17)12-13(10-5-3-2-4-6-10)21-14(16-12)11-9-19-7-8-20-11/h2-6,11H,7-9H2,1H3. The van der Waals surface area contributed by atoms with E-state index in [1.165, 1.54) is 7.11 Å². The van der Waals surface area contributed by atoms with Crippen molar-refractivity contribution in [2.75, 3.05) is 26.9 Å². The first-order valence-corrected chi connectivity index (χ1v) is 6.63. The molecule has 6 nitrogen and oxygen atoms in total. The van der Waals surface area contributed by atoms with E-state index in [4.69, 9.17) is 18.6 Å². The molecule has 0 radical (unpaired) electrons. The minimum atomic E-state index is -0.541. The van der Waals surface area contributed by atoms with Crippen LogP contribution in [-0.4, -0.2) is 37.9 Å². The van der Waals surface area contributed by atoms with Gasteiger partial charge in [0.2, 0.25) is 5.89 Å². The van der Waals surface area contributed by atoms with Gasteiger partial charge in [0.1, 0.15) is 0 Å². The number of ether oxygens (including phenoxy) is 3. The quantitative estimate of drug-likeness (QED) is 0.807. The van der Waals surface area contributed by atoms with Crippen molar-refractivity contribution >= 4 is 5.97 Å². The number of aromatic nitrogens is 1. The first kappa shape index (κ1) is 13.8. The lowest BCUT2D eigenvalue weighted by Gasteiger charge is -2.19. The number of esters is 1. The smallest absolute Gasteiger partial charge is 0.360 e. The van der Waals surface area contributed by atoms with Crippen molar-refractivity contribution in [1.82, 2.24) is 4.98 Å². The number of rotatable bonds is 3. The predicted octanol–water partition coefficient (Wildman–Crippen LogP) is 2.22. The van der Waals surface area contributed by atoms with Gasteiger partial charge in [-0.15, -0.1) is 0 Å². The van der Waals surface area contributed by atoms with Crippen LogP contribution >= 0.6 is 0 Å². The molecule has 1 saturated heterocycles. The fraction of sp³-hybridized carbons (Fsp3) is 0.333. The Morgan fingerprint density at radius 2 is 2.10 bits per heavy atom. The molecule has 0 bridgehead atoms. The van der Waals surface area contributed by atoms with Crippen molar-refractivity contribution in [1.29, 1.82) is 0 Å². The number of benzene rings is 1. The van der Waals surface area contributed by atoms with Gasteiger partial charge in [0.15, 0.2) is 17.6 Å². The third-order valence-electron chi connectivity index (χ3n) is 3.15. The van der Waals surface area contributed by atoms with Gasteiger partial charge in [0.05, 0.1) is 26.9 Å². The van der Waals surface area contributed by atoms with E-state index in [1.54, 1.807) is 0 Å². The molecule has 1 aliphatic heterocycles. The van der Waals surface area contributed by atoms with Gasteiger partial charge >= 0.3 is 5.97 Å².